The first kappa shape index (κ1) is 8.83. The summed E-state index contributed by atoms with van der Waals surface area (Å²) in [7, 11) is 2.57. The van der Waals surface area contributed by atoms with Gasteiger partial charge in [0.15, 0.2) is 0 Å². The van der Waals surface area contributed by atoms with Crippen LogP contribution in [0.15, 0.2) is 0 Å². The minimum Gasteiger partial charge on any atom is -0.451 e. The fraction of sp³-hybridized carbons (Fsp3) is 0.714. The standard InChI is InChI=1S/C7H11NO4/c1-8(7(10)11-2)12-6(9)5-3-4-5/h5H,3-4H2,1-2H3. The van der Waals surface area contributed by atoms with Gasteiger partial charge in [-0.1, -0.05) is 0 Å². The molecule has 5 nitrogen and oxygen atoms in total. The van der Waals surface area contributed by atoms with Crippen molar-refractivity contribution >= 4 is 12.1 Å². The van der Waals surface area contributed by atoms with Crippen LogP contribution in [0.25, 0.3) is 0 Å². The quantitative estimate of drug-likeness (QED) is 0.543. The van der Waals surface area contributed by atoms with Gasteiger partial charge in [-0.25, -0.2) is 9.59 Å². The molecule has 12 heavy (non-hydrogen) atoms. The third-order valence-electron chi connectivity index (χ3n) is 1.57. The largest absolute Gasteiger partial charge is 0.451 e. The second-order valence-corrected chi connectivity index (χ2v) is 2.65. The van der Waals surface area contributed by atoms with E-state index in [1.807, 2.05) is 0 Å². The Kier molecular flexibility index (Phi) is 2.52. The normalized spacial score (nSPS) is 15.2. The third kappa shape index (κ3) is 2.11. The van der Waals surface area contributed by atoms with Gasteiger partial charge in [-0.05, 0) is 12.8 Å². The Balaban J connectivity index is 2.29. The van der Waals surface area contributed by atoms with Crippen molar-refractivity contribution in [3.63, 3.8) is 0 Å². The van der Waals surface area contributed by atoms with Gasteiger partial charge in [-0.3, -0.25) is 0 Å². The Morgan fingerprint density at radius 3 is 2.42 bits per heavy atom. The topological polar surface area (TPSA) is 55.8 Å². The molecule has 1 rings (SSSR count). The summed E-state index contributed by atoms with van der Waals surface area (Å²) in [6, 6.07) is 0. The van der Waals surface area contributed by atoms with Crippen LogP contribution in [0.5, 0.6) is 0 Å². The highest BCUT2D eigenvalue weighted by atomic mass is 16.7. The molecule has 5 heteroatoms. The average molecular weight is 173 g/mol. The zero-order valence-corrected chi connectivity index (χ0v) is 7.07. The summed E-state index contributed by atoms with van der Waals surface area (Å²) < 4.78 is 4.32. The molecule has 0 saturated heterocycles. The summed E-state index contributed by atoms with van der Waals surface area (Å²) in [5, 5.41) is 0.792. The second kappa shape index (κ2) is 3.42. The zero-order valence-electron chi connectivity index (χ0n) is 7.07. The molecule has 0 aromatic carbocycles. The first-order valence-electron chi connectivity index (χ1n) is 3.68. The fourth-order valence-corrected chi connectivity index (χ4v) is 0.694. The maximum absolute atomic E-state index is 11.0. The molecule has 0 spiro atoms. The SMILES string of the molecule is COC(=O)N(C)OC(=O)C1CC1. The monoisotopic (exact) mass is 173 g/mol. The van der Waals surface area contributed by atoms with Gasteiger partial charge in [0.2, 0.25) is 0 Å². The number of hydrogen-bond acceptors (Lipinski definition) is 4. The van der Waals surface area contributed by atoms with Crippen LogP contribution in [-0.4, -0.2) is 31.3 Å². The van der Waals surface area contributed by atoms with E-state index in [9.17, 15) is 9.59 Å². The minimum absolute atomic E-state index is 0.0166. The van der Waals surface area contributed by atoms with Crippen LogP contribution in [-0.2, 0) is 14.4 Å². The first-order chi connectivity index (χ1) is 5.65. The number of nitrogens with zero attached hydrogens (tertiary/aromatic N) is 1. The molecule has 0 N–H and O–H groups in total. The lowest BCUT2D eigenvalue weighted by molar-refractivity contribution is -0.177. The zero-order chi connectivity index (χ0) is 9.14. The van der Waals surface area contributed by atoms with Crippen LogP contribution in [0, 0.1) is 5.92 Å². The minimum atomic E-state index is -0.677. The van der Waals surface area contributed by atoms with Gasteiger partial charge >= 0.3 is 12.1 Å². The molecule has 68 valence electrons. The van der Waals surface area contributed by atoms with Crippen molar-refractivity contribution in [3.8, 4) is 0 Å². The van der Waals surface area contributed by atoms with Gasteiger partial charge in [0.05, 0.1) is 20.1 Å². The van der Waals surface area contributed by atoms with E-state index in [0.717, 1.165) is 17.9 Å². The lowest BCUT2D eigenvalue weighted by Gasteiger charge is -2.13. The summed E-state index contributed by atoms with van der Waals surface area (Å²) in [5.41, 5.74) is 0. The molecule has 0 aromatic heterocycles. The molecule has 0 aliphatic heterocycles. The number of methoxy groups -OCH3 is 1. The van der Waals surface area contributed by atoms with Gasteiger partial charge in [0.1, 0.15) is 0 Å². The average Bonchev–Trinajstić information content (AvgIpc) is 2.84. The van der Waals surface area contributed by atoms with Crippen molar-refractivity contribution < 1.29 is 19.2 Å². The summed E-state index contributed by atoms with van der Waals surface area (Å²) in [6.45, 7) is 0. The molecule has 1 saturated carbocycles. The summed E-state index contributed by atoms with van der Waals surface area (Å²) in [5.74, 6) is -0.375. The van der Waals surface area contributed by atoms with Gasteiger partial charge in [0, 0.05) is 0 Å². The molecule has 0 bridgehead atoms. The van der Waals surface area contributed by atoms with E-state index in [1.54, 1.807) is 0 Å². The van der Waals surface area contributed by atoms with E-state index in [-0.39, 0.29) is 11.9 Å². The number of rotatable bonds is 1. The highest BCUT2D eigenvalue weighted by Crippen LogP contribution is 2.30. The van der Waals surface area contributed by atoms with Crippen molar-refractivity contribution in [2.75, 3.05) is 14.2 Å². The predicted molar refractivity (Wildman–Crippen MR) is 39.0 cm³/mol. The number of carbonyl (C=O) groups excluding carboxylic acids is 2. The second-order valence-electron chi connectivity index (χ2n) is 2.65. The molecule has 0 heterocycles. The van der Waals surface area contributed by atoms with E-state index in [2.05, 4.69) is 9.57 Å². The van der Waals surface area contributed by atoms with Crippen LogP contribution < -0.4 is 0 Å². The maximum atomic E-state index is 11.0. The predicted octanol–water partition coefficient (Wildman–Crippen LogP) is 0.553. The van der Waals surface area contributed by atoms with E-state index >= 15 is 0 Å². The Hall–Kier alpha value is -1.26. The van der Waals surface area contributed by atoms with E-state index in [0.29, 0.717) is 0 Å². The van der Waals surface area contributed by atoms with Crippen LogP contribution in [0.3, 0.4) is 0 Å². The van der Waals surface area contributed by atoms with Gasteiger partial charge < -0.3 is 9.57 Å². The Labute approximate surface area is 70.2 Å². The molecular weight excluding hydrogens is 162 g/mol. The molecule has 1 aliphatic rings. The lowest BCUT2D eigenvalue weighted by Crippen LogP contribution is -2.30. The van der Waals surface area contributed by atoms with E-state index < -0.39 is 6.09 Å². The van der Waals surface area contributed by atoms with Crippen molar-refractivity contribution in [1.82, 2.24) is 5.06 Å². The summed E-state index contributed by atoms with van der Waals surface area (Å²) >= 11 is 0. The smallest absolute Gasteiger partial charge is 0.442 e. The number of carbonyl (C=O) groups is 2. The molecule has 0 aromatic rings. The van der Waals surface area contributed by atoms with Crippen LogP contribution in [0.2, 0.25) is 0 Å². The van der Waals surface area contributed by atoms with Gasteiger partial charge in [-0.2, -0.15) is 0 Å². The summed E-state index contributed by atoms with van der Waals surface area (Å²) in [6.07, 6.45) is 1.03. The molecule has 1 fully saturated rings. The number of hydroxylamine groups is 2. The number of hydrogen-bond donors (Lipinski definition) is 0. The van der Waals surface area contributed by atoms with Crippen molar-refractivity contribution in [2.24, 2.45) is 5.92 Å². The molecular formula is C7H11NO4. The van der Waals surface area contributed by atoms with Crippen molar-refractivity contribution in [2.45, 2.75) is 12.8 Å². The Morgan fingerprint density at radius 1 is 1.42 bits per heavy atom. The van der Waals surface area contributed by atoms with Gasteiger partial charge in [0.25, 0.3) is 0 Å². The summed E-state index contributed by atoms with van der Waals surface area (Å²) in [4.78, 5) is 26.3. The Bertz CT molecular complexity index is 200. The number of ether oxygens (including phenoxy) is 1. The fourth-order valence-electron chi connectivity index (χ4n) is 0.694. The first-order valence-corrected chi connectivity index (χ1v) is 3.68. The molecule has 0 radical (unpaired) electrons. The van der Waals surface area contributed by atoms with Gasteiger partial charge in [-0.15, -0.1) is 5.06 Å². The highest BCUT2D eigenvalue weighted by molar-refractivity contribution is 5.76. The number of amides is 1. The van der Waals surface area contributed by atoms with E-state index in [4.69, 9.17) is 0 Å². The Morgan fingerprint density at radius 2 is 2.00 bits per heavy atom. The van der Waals surface area contributed by atoms with Crippen LogP contribution >= 0.6 is 0 Å². The molecule has 0 atom stereocenters. The van der Waals surface area contributed by atoms with Crippen molar-refractivity contribution in [3.05, 3.63) is 0 Å². The van der Waals surface area contributed by atoms with E-state index in [1.165, 1.54) is 14.2 Å². The van der Waals surface area contributed by atoms with Crippen molar-refractivity contribution in [1.29, 1.82) is 0 Å². The molecule has 1 amide bonds. The van der Waals surface area contributed by atoms with Crippen LogP contribution in [0.1, 0.15) is 12.8 Å². The third-order valence-corrected chi connectivity index (χ3v) is 1.57. The lowest BCUT2D eigenvalue weighted by atomic mass is 10.4. The maximum Gasteiger partial charge on any atom is 0.442 e. The molecule has 0 unspecified atom stereocenters. The molecule has 1 aliphatic carbocycles. The van der Waals surface area contributed by atoms with Crippen LogP contribution in [0.4, 0.5) is 4.79 Å². The highest BCUT2D eigenvalue weighted by Gasteiger charge is 2.33.